The van der Waals surface area contributed by atoms with Crippen molar-refractivity contribution in [3.63, 3.8) is 0 Å². The highest BCUT2D eigenvalue weighted by Crippen LogP contribution is 2.11. The summed E-state index contributed by atoms with van der Waals surface area (Å²) in [6.45, 7) is 6.21. The first kappa shape index (κ1) is 62.3. The van der Waals surface area contributed by atoms with Crippen molar-refractivity contribution in [2.45, 2.75) is 207 Å². The van der Waals surface area contributed by atoms with Crippen LogP contribution in [0.1, 0.15) is 201 Å². The zero-order chi connectivity index (χ0) is 48.6. The Morgan fingerprint density at radius 2 is 0.657 bits per heavy atom. The van der Waals surface area contributed by atoms with Gasteiger partial charge in [0, 0.05) is 12.8 Å². The molecule has 0 amide bonds. The van der Waals surface area contributed by atoms with Crippen LogP contribution < -0.4 is 0 Å². The van der Waals surface area contributed by atoms with Crippen LogP contribution in [0.5, 0.6) is 0 Å². The molecule has 0 bridgehead atoms. The van der Waals surface area contributed by atoms with Gasteiger partial charge < -0.3 is 14.2 Å². The lowest BCUT2D eigenvalue weighted by atomic mass is 10.1. The Labute approximate surface area is 410 Å². The summed E-state index contributed by atoms with van der Waals surface area (Å²) >= 11 is 0. The smallest absolute Gasteiger partial charge is 0.310 e. The zero-order valence-electron chi connectivity index (χ0n) is 42.6. The van der Waals surface area contributed by atoms with Crippen molar-refractivity contribution in [2.24, 2.45) is 0 Å². The molecule has 0 aromatic carbocycles. The van der Waals surface area contributed by atoms with Gasteiger partial charge in [-0.05, 0) is 109 Å². The number of rotatable bonds is 45. The lowest BCUT2D eigenvalue weighted by Gasteiger charge is -2.18. The van der Waals surface area contributed by atoms with Gasteiger partial charge in [-0.1, -0.05) is 218 Å². The van der Waals surface area contributed by atoms with E-state index < -0.39 is 18.0 Å². The summed E-state index contributed by atoms with van der Waals surface area (Å²) in [4.78, 5) is 37.9. The number of esters is 3. The van der Waals surface area contributed by atoms with E-state index >= 15 is 0 Å². The normalized spacial score (nSPS) is 13.3. The second-order valence-corrected chi connectivity index (χ2v) is 16.7. The van der Waals surface area contributed by atoms with E-state index in [0.717, 1.165) is 96.3 Å². The minimum absolute atomic E-state index is 0.0722. The van der Waals surface area contributed by atoms with Crippen LogP contribution in [0.2, 0.25) is 0 Å². The predicted octanol–water partition coefficient (Wildman–Crippen LogP) is 17.6. The minimum Gasteiger partial charge on any atom is -0.462 e. The number of hydrogen-bond donors (Lipinski definition) is 0. The number of hydrogen-bond acceptors (Lipinski definition) is 6. The molecule has 0 saturated heterocycles. The molecule has 0 aliphatic rings. The third kappa shape index (κ3) is 52.1. The molecule has 0 spiro atoms. The second kappa shape index (κ2) is 53.9. The Balaban J connectivity index is 4.58. The molecule has 1 unspecified atom stereocenters. The van der Waals surface area contributed by atoms with Gasteiger partial charge in [-0.2, -0.15) is 0 Å². The van der Waals surface area contributed by atoms with Crippen molar-refractivity contribution in [3.05, 3.63) is 146 Å². The van der Waals surface area contributed by atoms with E-state index in [1.165, 1.54) is 51.4 Å². The van der Waals surface area contributed by atoms with Gasteiger partial charge in [-0.15, -0.1) is 0 Å². The Kier molecular flexibility index (Phi) is 50.1. The van der Waals surface area contributed by atoms with E-state index in [-0.39, 0.29) is 32.0 Å². The molecule has 0 N–H and O–H groups in total. The Morgan fingerprint density at radius 1 is 0.328 bits per heavy atom. The van der Waals surface area contributed by atoms with E-state index in [1.807, 2.05) is 18.2 Å². The fraction of sp³-hybridized carbons (Fsp3) is 0.557. The standard InChI is InChI=1S/C61H94O6/c1-4-7-10-13-16-19-22-25-27-28-29-30-31-32-34-36-39-42-45-48-51-54-60(63)66-57-58(56-65-59(62)53-50-47-44-41-38-35-24-21-18-15-12-9-6-3)67-61(64)55-52-49-46-43-40-37-33-26-23-20-17-14-11-8-5-2/h8-9,11-12,17-18,20-22,25-26,28-29,31-33,35,38,40,43-44,47,49,52,58H,4-7,10,13-16,19,23-24,27,30,34,36-37,39,41-42,45-46,48,50-51,53-57H2,1-3H3/b11-8-,12-9-,20-17-,21-18-,25-22-,29-28-,32-31-,33-26-,38-35-,43-40-,47-44-,52-49-. The topological polar surface area (TPSA) is 78.9 Å². The highest BCUT2D eigenvalue weighted by Gasteiger charge is 2.19. The maximum atomic E-state index is 12.7. The predicted molar refractivity (Wildman–Crippen MR) is 288 cm³/mol. The number of carbonyl (C=O) groups is 3. The first-order valence-corrected chi connectivity index (χ1v) is 26.3. The van der Waals surface area contributed by atoms with Crippen molar-refractivity contribution < 1.29 is 28.6 Å². The molecule has 0 aromatic heterocycles. The van der Waals surface area contributed by atoms with E-state index in [9.17, 15) is 14.4 Å². The van der Waals surface area contributed by atoms with E-state index in [0.29, 0.717) is 19.3 Å². The average molecular weight is 923 g/mol. The molecule has 374 valence electrons. The third-order valence-electron chi connectivity index (χ3n) is 10.4. The van der Waals surface area contributed by atoms with Crippen molar-refractivity contribution in [1.82, 2.24) is 0 Å². The van der Waals surface area contributed by atoms with Crippen LogP contribution in [0, 0.1) is 0 Å². The largest absolute Gasteiger partial charge is 0.462 e. The fourth-order valence-electron chi connectivity index (χ4n) is 6.48. The molecule has 0 heterocycles. The van der Waals surface area contributed by atoms with E-state index in [2.05, 4.69) is 142 Å². The first-order valence-electron chi connectivity index (χ1n) is 26.3. The summed E-state index contributed by atoms with van der Waals surface area (Å²) in [5, 5.41) is 0. The van der Waals surface area contributed by atoms with Gasteiger partial charge in [0.1, 0.15) is 13.2 Å². The molecule has 0 aromatic rings. The Hall–Kier alpha value is -4.71. The van der Waals surface area contributed by atoms with Gasteiger partial charge in [-0.25, -0.2) is 0 Å². The van der Waals surface area contributed by atoms with Crippen LogP contribution in [0.15, 0.2) is 146 Å². The van der Waals surface area contributed by atoms with Crippen molar-refractivity contribution in [2.75, 3.05) is 13.2 Å². The summed E-state index contributed by atoms with van der Waals surface area (Å²) in [5.74, 6) is -1.19. The van der Waals surface area contributed by atoms with Crippen LogP contribution in [-0.4, -0.2) is 37.2 Å². The van der Waals surface area contributed by atoms with Crippen LogP contribution in [0.25, 0.3) is 0 Å². The van der Waals surface area contributed by atoms with Crippen LogP contribution in [0.3, 0.4) is 0 Å². The van der Waals surface area contributed by atoms with Crippen LogP contribution >= 0.6 is 0 Å². The number of allylic oxidation sites excluding steroid dienone is 23. The summed E-state index contributed by atoms with van der Waals surface area (Å²) < 4.78 is 16.6. The van der Waals surface area contributed by atoms with Crippen LogP contribution in [-0.2, 0) is 28.6 Å². The SMILES string of the molecule is CC/C=C\C/C=C\C/C=C\C/C=C\C/C=C\CC(=O)OC(COC(=O)CC/C=C\C/C=C\C/C=C\C/C=C\CC)COC(=O)CCCCCCCC/C=C\C/C=C\C/C=C\CCCCCCC. The third-order valence-corrected chi connectivity index (χ3v) is 10.4. The summed E-state index contributed by atoms with van der Waals surface area (Å²) in [7, 11) is 0. The number of carbonyl (C=O) groups excluding carboxylic acids is 3. The summed E-state index contributed by atoms with van der Waals surface area (Å²) in [5.41, 5.74) is 0. The molecule has 6 nitrogen and oxygen atoms in total. The highest BCUT2D eigenvalue weighted by molar-refractivity contribution is 5.72. The summed E-state index contributed by atoms with van der Waals surface area (Å²) in [6.07, 6.45) is 77.3. The molecule has 1 atom stereocenters. The molecular formula is C61H94O6. The first-order chi connectivity index (χ1) is 33.0. The molecule has 0 aliphatic heterocycles. The van der Waals surface area contributed by atoms with E-state index in [1.54, 1.807) is 6.08 Å². The van der Waals surface area contributed by atoms with Crippen LogP contribution in [0.4, 0.5) is 0 Å². The van der Waals surface area contributed by atoms with Crippen molar-refractivity contribution in [3.8, 4) is 0 Å². The van der Waals surface area contributed by atoms with Gasteiger partial charge in [0.15, 0.2) is 6.10 Å². The molecular weight excluding hydrogens is 829 g/mol. The lowest BCUT2D eigenvalue weighted by molar-refractivity contribution is -0.166. The minimum atomic E-state index is -0.873. The van der Waals surface area contributed by atoms with Gasteiger partial charge >= 0.3 is 17.9 Å². The fourth-order valence-corrected chi connectivity index (χ4v) is 6.48. The second-order valence-electron chi connectivity index (χ2n) is 16.7. The molecule has 0 radical (unpaired) electrons. The maximum absolute atomic E-state index is 12.7. The monoisotopic (exact) mass is 923 g/mol. The lowest BCUT2D eigenvalue weighted by Crippen LogP contribution is -2.30. The summed E-state index contributed by atoms with van der Waals surface area (Å²) in [6, 6.07) is 0. The van der Waals surface area contributed by atoms with Gasteiger partial charge in [-0.3, -0.25) is 14.4 Å². The Bertz CT molecular complexity index is 1530. The molecule has 0 saturated carbocycles. The highest BCUT2D eigenvalue weighted by atomic mass is 16.6. The van der Waals surface area contributed by atoms with Crippen molar-refractivity contribution >= 4 is 17.9 Å². The van der Waals surface area contributed by atoms with Gasteiger partial charge in [0.25, 0.3) is 0 Å². The molecule has 0 aliphatic carbocycles. The van der Waals surface area contributed by atoms with Gasteiger partial charge in [0.2, 0.25) is 0 Å². The van der Waals surface area contributed by atoms with E-state index in [4.69, 9.17) is 14.2 Å². The number of ether oxygens (including phenoxy) is 3. The number of unbranched alkanes of at least 4 members (excludes halogenated alkanes) is 11. The molecule has 0 rings (SSSR count). The molecule has 0 fully saturated rings. The van der Waals surface area contributed by atoms with Gasteiger partial charge in [0.05, 0.1) is 6.42 Å². The quantitative estimate of drug-likeness (QED) is 0.0262. The Morgan fingerprint density at radius 3 is 1.07 bits per heavy atom. The molecule has 67 heavy (non-hydrogen) atoms. The van der Waals surface area contributed by atoms with Crippen molar-refractivity contribution in [1.29, 1.82) is 0 Å². The maximum Gasteiger partial charge on any atom is 0.310 e. The molecule has 6 heteroatoms. The zero-order valence-corrected chi connectivity index (χ0v) is 42.6. The average Bonchev–Trinajstić information content (AvgIpc) is 3.33.